The molecule has 0 aliphatic rings. The van der Waals surface area contributed by atoms with Gasteiger partial charge in [0, 0.05) is 12.6 Å². The van der Waals surface area contributed by atoms with Crippen molar-refractivity contribution in [2.24, 2.45) is 10.7 Å². The van der Waals surface area contributed by atoms with Crippen molar-refractivity contribution in [3.05, 3.63) is 0 Å². The molecular weight excluding hydrogens is 190 g/mol. The second-order valence-electron chi connectivity index (χ2n) is 3.58. The van der Waals surface area contributed by atoms with Gasteiger partial charge in [-0.1, -0.05) is 20.3 Å². The summed E-state index contributed by atoms with van der Waals surface area (Å²) in [6.07, 6.45) is 3.16. The van der Waals surface area contributed by atoms with Crippen LogP contribution in [0.15, 0.2) is 4.99 Å². The third kappa shape index (κ3) is 7.78. The summed E-state index contributed by atoms with van der Waals surface area (Å²) in [5, 5.41) is 13.0. The molecule has 15 heavy (non-hydrogen) atoms. The fourth-order valence-electron chi connectivity index (χ4n) is 0.933. The molecule has 0 heterocycles. The first-order valence-corrected chi connectivity index (χ1v) is 5.52. The molecule has 0 spiro atoms. The number of hydrogen-bond acceptors (Lipinski definition) is 2. The van der Waals surface area contributed by atoms with Gasteiger partial charge >= 0.3 is 0 Å². The molecule has 88 valence electrons. The van der Waals surface area contributed by atoms with Crippen LogP contribution in [0.2, 0.25) is 0 Å². The molecule has 0 bridgehead atoms. The van der Waals surface area contributed by atoms with Crippen molar-refractivity contribution in [1.82, 2.24) is 10.6 Å². The van der Waals surface area contributed by atoms with Gasteiger partial charge in [0.15, 0.2) is 11.9 Å². The Hall–Kier alpha value is -1.26. The van der Waals surface area contributed by atoms with E-state index in [4.69, 9.17) is 11.1 Å². The quantitative estimate of drug-likeness (QED) is 0.312. The van der Waals surface area contributed by atoms with E-state index in [0.717, 1.165) is 25.8 Å². The minimum absolute atomic E-state index is 0.0824. The summed E-state index contributed by atoms with van der Waals surface area (Å²) in [6, 6.07) is 0.331. The maximum Gasteiger partial charge on any atom is 0.198 e. The van der Waals surface area contributed by atoms with Gasteiger partial charge in [0.05, 0.1) is 0 Å². The van der Waals surface area contributed by atoms with Crippen LogP contribution in [0, 0.1) is 5.41 Å². The molecule has 0 radical (unpaired) electrons. The Bertz CT molecular complexity index is 212. The number of nitrogens with two attached hydrogens (primary N) is 1. The Morgan fingerprint density at radius 3 is 2.60 bits per heavy atom. The first-order chi connectivity index (χ1) is 7.10. The van der Waals surface area contributed by atoms with Crippen molar-refractivity contribution in [1.29, 1.82) is 5.41 Å². The lowest BCUT2D eigenvalue weighted by atomic mass is 10.3. The lowest BCUT2D eigenvalue weighted by molar-refractivity contribution is 0.631. The van der Waals surface area contributed by atoms with E-state index in [1.807, 2.05) is 0 Å². The summed E-state index contributed by atoms with van der Waals surface area (Å²) in [5.41, 5.74) is 5.27. The Morgan fingerprint density at radius 2 is 2.13 bits per heavy atom. The van der Waals surface area contributed by atoms with E-state index in [0.29, 0.717) is 12.0 Å². The average Bonchev–Trinajstić information content (AvgIpc) is 2.17. The summed E-state index contributed by atoms with van der Waals surface area (Å²) in [5.74, 6) is 0.520. The molecule has 0 saturated heterocycles. The molecule has 0 aromatic rings. The van der Waals surface area contributed by atoms with Crippen molar-refractivity contribution in [2.75, 3.05) is 6.54 Å². The minimum atomic E-state index is -0.0824. The van der Waals surface area contributed by atoms with Gasteiger partial charge in [0.2, 0.25) is 0 Å². The van der Waals surface area contributed by atoms with Crippen LogP contribution in [0.3, 0.4) is 0 Å². The highest BCUT2D eigenvalue weighted by molar-refractivity contribution is 5.96. The summed E-state index contributed by atoms with van der Waals surface area (Å²) < 4.78 is 0. The molecule has 0 amide bonds. The third-order valence-electron chi connectivity index (χ3n) is 2.03. The number of nitrogens with one attached hydrogen (secondary N) is 3. The lowest BCUT2D eigenvalue weighted by Crippen LogP contribution is -2.47. The highest BCUT2D eigenvalue weighted by Crippen LogP contribution is 1.90. The second kappa shape index (κ2) is 8.08. The van der Waals surface area contributed by atoms with Crippen LogP contribution in [0.25, 0.3) is 0 Å². The smallest absolute Gasteiger partial charge is 0.198 e. The zero-order chi connectivity index (χ0) is 11.7. The summed E-state index contributed by atoms with van der Waals surface area (Å²) >= 11 is 0. The first-order valence-electron chi connectivity index (χ1n) is 5.52. The van der Waals surface area contributed by atoms with E-state index in [9.17, 15) is 0 Å². The number of nitrogens with zero attached hydrogens (tertiary/aromatic N) is 1. The molecule has 5 N–H and O–H groups in total. The monoisotopic (exact) mass is 213 g/mol. The molecule has 0 rings (SSSR count). The van der Waals surface area contributed by atoms with Crippen LogP contribution in [-0.4, -0.2) is 24.5 Å². The number of aliphatic imine (C=N–C) groups is 1. The van der Waals surface area contributed by atoms with Crippen molar-refractivity contribution < 1.29 is 0 Å². The van der Waals surface area contributed by atoms with Crippen LogP contribution in [0.1, 0.15) is 40.0 Å². The summed E-state index contributed by atoms with van der Waals surface area (Å²) in [7, 11) is 0. The van der Waals surface area contributed by atoms with Crippen LogP contribution in [-0.2, 0) is 0 Å². The highest BCUT2D eigenvalue weighted by Gasteiger charge is 2.03. The predicted molar refractivity (Wildman–Crippen MR) is 65.1 cm³/mol. The van der Waals surface area contributed by atoms with Crippen LogP contribution < -0.4 is 16.4 Å². The molecule has 1 atom stereocenters. The molecule has 1 unspecified atom stereocenters. The number of unbranched alkanes of at least 4 members (excludes halogenated alkanes) is 1. The van der Waals surface area contributed by atoms with Crippen LogP contribution >= 0.6 is 0 Å². The van der Waals surface area contributed by atoms with Crippen molar-refractivity contribution >= 4 is 11.9 Å². The van der Waals surface area contributed by atoms with Crippen LogP contribution in [0.5, 0.6) is 0 Å². The van der Waals surface area contributed by atoms with Gasteiger partial charge in [-0.15, -0.1) is 0 Å². The molecular formula is C10H23N5. The fraction of sp³-hybridized carbons (Fsp3) is 0.800. The molecule has 5 heteroatoms. The van der Waals surface area contributed by atoms with Gasteiger partial charge in [0.1, 0.15) is 0 Å². The maximum absolute atomic E-state index is 7.15. The van der Waals surface area contributed by atoms with Gasteiger partial charge < -0.3 is 11.1 Å². The topological polar surface area (TPSA) is 86.3 Å². The van der Waals surface area contributed by atoms with Gasteiger partial charge in [-0.25, -0.2) is 0 Å². The fourth-order valence-corrected chi connectivity index (χ4v) is 0.933. The minimum Gasteiger partial charge on any atom is -0.370 e. The lowest BCUT2D eigenvalue weighted by Gasteiger charge is -2.15. The maximum atomic E-state index is 7.15. The Balaban J connectivity index is 4.16. The normalized spacial score (nSPS) is 13.4. The Labute approximate surface area is 92.0 Å². The standard InChI is InChI=1S/C10H23N5/c1-4-6-7-13-10(15-9(11)12)14-8(3)5-2/h8H,4-7H2,1-3H3,(H5,11,12,13,14,15). The molecule has 0 saturated carbocycles. The molecule has 0 fully saturated rings. The molecule has 0 aromatic carbocycles. The third-order valence-corrected chi connectivity index (χ3v) is 2.03. The van der Waals surface area contributed by atoms with Crippen LogP contribution in [0.4, 0.5) is 0 Å². The Morgan fingerprint density at radius 1 is 1.47 bits per heavy atom. The van der Waals surface area contributed by atoms with E-state index in [1.54, 1.807) is 0 Å². The van der Waals surface area contributed by atoms with E-state index in [-0.39, 0.29) is 5.96 Å². The molecule has 0 aliphatic carbocycles. The summed E-state index contributed by atoms with van der Waals surface area (Å²) in [4.78, 5) is 4.32. The average molecular weight is 213 g/mol. The first kappa shape index (κ1) is 13.7. The van der Waals surface area contributed by atoms with E-state index < -0.39 is 0 Å². The zero-order valence-electron chi connectivity index (χ0n) is 9.93. The van der Waals surface area contributed by atoms with E-state index in [1.165, 1.54) is 0 Å². The molecule has 0 aromatic heterocycles. The van der Waals surface area contributed by atoms with Crippen molar-refractivity contribution in [3.63, 3.8) is 0 Å². The zero-order valence-corrected chi connectivity index (χ0v) is 9.93. The van der Waals surface area contributed by atoms with Crippen molar-refractivity contribution in [3.8, 4) is 0 Å². The van der Waals surface area contributed by atoms with Gasteiger partial charge in [0.25, 0.3) is 0 Å². The van der Waals surface area contributed by atoms with E-state index in [2.05, 4.69) is 36.4 Å². The molecule has 5 nitrogen and oxygen atoms in total. The SMILES string of the molecule is CCCCN=C(NC(=N)N)NC(C)CC. The van der Waals surface area contributed by atoms with Gasteiger partial charge in [-0.2, -0.15) is 0 Å². The Kier molecular flexibility index (Phi) is 7.40. The number of rotatable bonds is 5. The van der Waals surface area contributed by atoms with Gasteiger partial charge in [-0.05, 0) is 19.8 Å². The van der Waals surface area contributed by atoms with Crippen molar-refractivity contribution in [2.45, 2.75) is 46.1 Å². The highest BCUT2D eigenvalue weighted by atomic mass is 15.2. The number of guanidine groups is 2. The van der Waals surface area contributed by atoms with E-state index >= 15 is 0 Å². The largest absolute Gasteiger partial charge is 0.370 e. The number of hydrogen-bond donors (Lipinski definition) is 4. The molecule has 0 aliphatic heterocycles. The summed E-state index contributed by atoms with van der Waals surface area (Å²) in [6.45, 7) is 7.04. The second-order valence-corrected chi connectivity index (χ2v) is 3.58. The predicted octanol–water partition coefficient (Wildman–Crippen LogP) is 1.01. The van der Waals surface area contributed by atoms with Gasteiger partial charge in [-0.3, -0.25) is 15.7 Å².